The Morgan fingerprint density at radius 2 is 1.57 bits per heavy atom. The Morgan fingerprint density at radius 1 is 0.783 bits per heavy atom. The molecule has 1 aliphatic carbocycles. The predicted molar refractivity (Wildman–Crippen MR) is 94.6 cm³/mol. The van der Waals surface area contributed by atoms with Gasteiger partial charge in [-0.05, 0) is 40.8 Å². The lowest BCUT2D eigenvalue weighted by Gasteiger charge is -2.21. The lowest BCUT2D eigenvalue weighted by molar-refractivity contribution is 0.660. The Hall–Kier alpha value is -2.74. The van der Waals surface area contributed by atoms with Crippen molar-refractivity contribution < 1.29 is 0 Å². The topological polar surface area (TPSA) is 25.8 Å². The Morgan fingerprint density at radius 3 is 2.48 bits per heavy atom. The second kappa shape index (κ2) is 4.17. The average molecular weight is 296 g/mol. The summed E-state index contributed by atoms with van der Waals surface area (Å²) >= 11 is 0. The van der Waals surface area contributed by atoms with Crippen molar-refractivity contribution in [3.8, 4) is 11.3 Å². The first-order valence-electron chi connectivity index (χ1n) is 7.94. The summed E-state index contributed by atoms with van der Waals surface area (Å²) in [6.07, 6.45) is 3.75. The van der Waals surface area contributed by atoms with E-state index in [1.807, 2.05) is 24.5 Å². The van der Waals surface area contributed by atoms with E-state index in [0.29, 0.717) is 0 Å². The lowest BCUT2D eigenvalue weighted by atomic mass is 9.82. The van der Waals surface area contributed by atoms with E-state index < -0.39 is 0 Å². The molecule has 0 atom stereocenters. The highest BCUT2D eigenvalue weighted by molar-refractivity contribution is 6.07. The van der Waals surface area contributed by atoms with E-state index in [9.17, 15) is 0 Å². The highest BCUT2D eigenvalue weighted by Crippen LogP contribution is 2.49. The molecule has 0 radical (unpaired) electrons. The molecule has 2 heterocycles. The molecule has 0 aliphatic heterocycles. The van der Waals surface area contributed by atoms with Gasteiger partial charge in [-0.1, -0.05) is 38.1 Å². The maximum Gasteiger partial charge on any atom is 0.0780 e. The first kappa shape index (κ1) is 12.8. The quantitative estimate of drug-likeness (QED) is 0.422. The van der Waals surface area contributed by atoms with Gasteiger partial charge in [0.15, 0.2) is 0 Å². The monoisotopic (exact) mass is 296 g/mol. The van der Waals surface area contributed by atoms with Crippen LogP contribution in [0.15, 0.2) is 60.9 Å². The van der Waals surface area contributed by atoms with Crippen molar-refractivity contribution in [1.82, 2.24) is 9.97 Å². The zero-order valence-electron chi connectivity index (χ0n) is 13.2. The third-order valence-corrected chi connectivity index (χ3v) is 5.14. The van der Waals surface area contributed by atoms with Crippen LogP contribution in [0, 0.1) is 0 Å². The Kier molecular flexibility index (Phi) is 2.31. The van der Waals surface area contributed by atoms with Crippen LogP contribution in [0.5, 0.6) is 0 Å². The van der Waals surface area contributed by atoms with Crippen molar-refractivity contribution in [3.63, 3.8) is 0 Å². The van der Waals surface area contributed by atoms with Crippen LogP contribution in [0.2, 0.25) is 0 Å². The van der Waals surface area contributed by atoms with Gasteiger partial charge in [0.05, 0.1) is 11.2 Å². The molecule has 0 unspecified atom stereocenters. The van der Waals surface area contributed by atoms with Crippen LogP contribution in [0.25, 0.3) is 32.9 Å². The molecule has 5 rings (SSSR count). The van der Waals surface area contributed by atoms with Crippen molar-refractivity contribution in [1.29, 1.82) is 0 Å². The van der Waals surface area contributed by atoms with Gasteiger partial charge >= 0.3 is 0 Å². The molecule has 1 aliphatic rings. The van der Waals surface area contributed by atoms with Gasteiger partial charge in [-0.15, -0.1) is 0 Å². The summed E-state index contributed by atoms with van der Waals surface area (Å²) in [5.41, 5.74) is 6.08. The second-order valence-corrected chi connectivity index (χ2v) is 6.78. The van der Waals surface area contributed by atoms with Crippen LogP contribution < -0.4 is 0 Å². The normalized spacial score (nSPS) is 14.9. The predicted octanol–water partition coefficient (Wildman–Crippen LogP) is 5.09. The summed E-state index contributed by atoms with van der Waals surface area (Å²) in [5.74, 6) is 0. The Balaban J connectivity index is 1.96. The average Bonchev–Trinajstić information content (AvgIpc) is 2.81. The molecule has 0 fully saturated rings. The molecular weight excluding hydrogens is 280 g/mol. The zero-order chi connectivity index (χ0) is 15.6. The Bertz CT molecular complexity index is 1090. The molecule has 23 heavy (non-hydrogen) atoms. The summed E-state index contributed by atoms with van der Waals surface area (Å²) in [6.45, 7) is 4.56. The fourth-order valence-electron chi connectivity index (χ4n) is 3.90. The fourth-order valence-corrected chi connectivity index (χ4v) is 3.90. The number of nitrogens with zero attached hydrogens (tertiary/aromatic N) is 2. The van der Waals surface area contributed by atoms with E-state index in [1.165, 1.54) is 32.8 Å². The van der Waals surface area contributed by atoms with E-state index in [-0.39, 0.29) is 5.41 Å². The van der Waals surface area contributed by atoms with Gasteiger partial charge in [0.1, 0.15) is 0 Å². The van der Waals surface area contributed by atoms with E-state index in [0.717, 1.165) is 11.2 Å². The third kappa shape index (κ3) is 1.58. The van der Waals surface area contributed by atoms with E-state index in [4.69, 9.17) is 0 Å². The molecule has 4 aromatic rings. The second-order valence-electron chi connectivity index (χ2n) is 6.78. The molecule has 0 saturated heterocycles. The number of hydrogen-bond donors (Lipinski definition) is 0. The number of pyridine rings is 2. The van der Waals surface area contributed by atoms with E-state index in [1.54, 1.807) is 0 Å². The number of hydrogen-bond acceptors (Lipinski definition) is 2. The summed E-state index contributed by atoms with van der Waals surface area (Å²) in [7, 11) is 0. The summed E-state index contributed by atoms with van der Waals surface area (Å²) in [4.78, 5) is 9.27. The minimum Gasteiger partial charge on any atom is -0.256 e. The fraction of sp³-hybridized carbons (Fsp3) is 0.143. The van der Waals surface area contributed by atoms with Crippen molar-refractivity contribution >= 4 is 21.7 Å². The Labute approximate surface area is 134 Å². The van der Waals surface area contributed by atoms with Crippen molar-refractivity contribution in [2.75, 3.05) is 0 Å². The van der Waals surface area contributed by atoms with E-state index >= 15 is 0 Å². The maximum atomic E-state index is 4.66. The molecule has 2 heteroatoms. The number of fused-ring (bicyclic) bond motifs is 6. The van der Waals surface area contributed by atoms with Crippen LogP contribution in [-0.2, 0) is 5.41 Å². The summed E-state index contributed by atoms with van der Waals surface area (Å²) in [5, 5.41) is 3.63. The number of rotatable bonds is 0. The minimum atomic E-state index is -0.00775. The smallest absolute Gasteiger partial charge is 0.0780 e. The molecule has 0 bridgehead atoms. The SMILES string of the molecule is CC1(C)c2cc3ccc4cccnc4c3cc2-c2ncccc21. The number of benzene rings is 2. The lowest BCUT2D eigenvalue weighted by Crippen LogP contribution is -2.14. The maximum absolute atomic E-state index is 4.66. The van der Waals surface area contributed by atoms with Crippen LogP contribution >= 0.6 is 0 Å². The van der Waals surface area contributed by atoms with Crippen molar-refractivity contribution in [2.45, 2.75) is 19.3 Å². The summed E-state index contributed by atoms with van der Waals surface area (Å²) in [6, 6.07) is 17.3. The minimum absolute atomic E-state index is 0.00775. The first-order chi connectivity index (χ1) is 11.2. The molecular formula is C21H16N2. The van der Waals surface area contributed by atoms with Crippen LogP contribution in [0.4, 0.5) is 0 Å². The van der Waals surface area contributed by atoms with Crippen molar-refractivity contribution in [3.05, 3.63) is 72.1 Å². The molecule has 0 spiro atoms. The molecule has 2 nitrogen and oxygen atoms in total. The van der Waals surface area contributed by atoms with Gasteiger partial charge in [-0.3, -0.25) is 9.97 Å². The van der Waals surface area contributed by atoms with Crippen molar-refractivity contribution in [2.24, 2.45) is 0 Å². The molecule has 2 aromatic carbocycles. The molecule has 110 valence electrons. The highest BCUT2D eigenvalue weighted by Gasteiger charge is 2.36. The van der Waals surface area contributed by atoms with Gasteiger partial charge in [0, 0.05) is 34.1 Å². The molecule has 2 aromatic heterocycles. The summed E-state index contributed by atoms with van der Waals surface area (Å²) < 4.78 is 0. The van der Waals surface area contributed by atoms with Crippen LogP contribution in [0.3, 0.4) is 0 Å². The van der Waals surface area contributed by atoms with Crippen LogP contribution in [0.1, 0.15) is 25.0 Å². The van der Waals surface area contributed by atoms with Gasteiger partial charge in [-0.25, -0.2) is 0 Å². The third-order valence-electron chi connectivity index (χ3n) is 5.14. The number of aromatic nitrogens is 2. The first-order valence-corrected chi connectivity index (χ1v) is 7.94. The van der Waals surface area contributed by atoms with Crippen LogP contribution in [-0.4, -0.2) is 9.97 Å². The standard InChI is InChI=1S/C21H16N2/c1-21(2)17-6-4-10-23-20(17)16-12-15-14(11-18(16)21)8-7-13-5-3-9-22-19(13)15/h3-12H,1-2H3. The highest BCUT2D eigenvalue weighted by atomic mass is 14.7. The molecule has 0 amide bonds. The molecule has 0 N–H and O–H groups in total. The van der Waals surface area contributed by atoms with Gasteiger partial charge < -0.3 is 0 Å². The largest absolute Gasteiger partial charge is 0.256 e. The van der Waals surface area contributed by atoms with Gasteiger partial charge in [0.2, 0.25) is 0 Å². The van der Waals surface area contributed by atoms with Gasteiger partial charge in [-0.2, -0.15) is 0 Å². The van der Waals surface area contributed by atoms with Gasteiger partial charge in [0.25, 0.3) is 0 Å². The molecule has 0 saturated carbocycles. The van der Waals surface area contributed by atoms with E-state index in [2.05, 4.69) is 60.2 Å². The zero-order valence-corrected chi connectivity index (χ0v) is 13.2.